The van der Waals surface area contributed by atoms with Gasteiger partial charge in [-0.2, -0.15) is 0 Å². The molecule has 26 heavy (non-hydrogen) atoms. The van der Waals surface area contributed by atoms with E-state index in [1.807, 2.05) is 53.4 Å². The van der Waals surface area contributed by atoms with Crippen LogP contribution in [0.2, 0.25) is 0 Å². The van der Waals surface area contributed by atoms with Crippen LogP contribution in [0, 0.1) is 5.82 Å². The molecule has 1 aliphatic rings. The average molecular weight is 348 g/mol. The summed E-state index contributed by atoms with van der Waals surface area (Å²) in [6.07, 6.45) is 0. The molecule has 0 spiro atoms. The Morgan fingerprint density at radius 3 is 2.50 bits per heavy atom. The second kappa shape index (κ2) is 7.18. The fourth-order valence-corrected chi connectivity index (χ4v) is 3.57. The minimum Gasteiger partial charge on any atom is -0.489 e. The molecule has 132 valence electrons. The van der Waals surface area contributed by atoms with Gasteiger partial charge in [-0.15, -0.1) is 0 Å². The maximum Gasteiger partial charge on any atom is 0.146 e. The lowest BCUT2D eigenvalue weighted by molar-refractivity contribution is 0.303. The Kier molecular flexibility index (Phi) is 4.59. The van der Waals surface area contributed by atoms with Gasteiger partial charge in [0.25, 0.3) is 0 Å². The topological polar surface area (TPSA) is 38.5 Å². The molecule has 1 atom stereocenters. The first-order valence-electron chi connectivity index (χ1n) is 8.77. The number of benzene rings is 3. The van der Waals surface area contributed by atoms with Crippen molar-refractivity contribution in [2.24, 2.45) is 5.73 Å². The molecule has 3 nitrogen and oxygen atoms in total. The smallest absolute Gasteiger partial charge is 0.146 e. The molecule has 0 saturated carbocycles. The van der Waals surface area contributed by atoms with Crippen LogP contribution < -0.4 is 15.4 Å². The highest BCUT2D eigenvalue weighted by Crippen LogP contribution is 2.41. The van der Waals surface area contributed by atoms with Crippen molar-refractivity contribution in [3.05, 3.63) is 95.3 Å². The van der Waals surface area contributed by atoms with E-state index in [-0.39, 0.29) is 11.9 Å². The molecule has 0 fully saturated rings. The first-order valence-corrected chi connectivity index (χ1v) is 8.77. The van der Waals surface area contributed by atoms with Crippen LogP contribution in [-0.2, 0) is 13.2 Å². The monoisotopic (exact) mass is 348 g/mol. The van der Waals surface area contributed by atoms with Crippen LogP contribution in [0.1, 0.15) is 22.7 Å². The van der Waals surface area contributed by atoms with Crippen molar-refractivity contribution in [1.82, 2.24) is 0 Å². The molecule has 4 heteroatoms. The summed E-state index contributed by atoms with van der Waals surface area (Å²) in [5, 5.41) is 0. The molecule has 0 aliphatic carbocycles. The minimum absolute atomic E-state index is 0.0535. The average Bonchev–Trinajstić information content (AvgIpc) is 3.06. The highest BCUT2D eigenvalue weighted by atomic mass is 19.1. The third-order valence-corrected chi connectivity index (χ3v) is 4.86. The number of ether oxygens (including phenoxy) is 1. The fraction of sp³-hybridized carbons (Fsp3) is 0.182. The fourth-order valence-electron chi connectivity index (χ4n) is 3.57. The van der Waals surface area contributed by atoms with Gasteiger partial charge < -0.3 is 15.4 Å². The standard InChI is InChI=1S/C22H21FN2O/c23-19-10-4-5-11-20(19)25-14-18-17(21(25)13-24)9-6-12-22(18)26-15-16-7-2-1-3-8-16/h1-12,21H,13-15,24H2. The predicted octanol–water partition coefficient (Wildman–Crippen LogP) is 4.42. The summed E-state index contributed by atoms with van der Waals surface area (Å²) >= 11 is 0. The van der Waals surface area contributed by atoms with E-state index >= 15 is 0 Å². The molecule has 4 rings (SSSR count). The van der Waals surface area contributed by atoms with Crippen molar-refractivity contribution in [2.75, 3.05) is 11.4 Å². The molecular formula is C22H21FN2O. The number of anilines is 1. The van der Waals surface area contributed by atoms with Crippen molar-refractivity contribution in [3.63, 3.8) is 0 Å². The molecular weight excluding hydrogens is 327 g/mol. The zero-order valence-corrected chi connectivity index (χ0v) is 14.4. The Morgan fingerprint density at radius 1 is 0.962 bits per heavy atom. The maximum atomic E-state index is 14.3. The summed E-state index contributed by atoms with van der Waals surface area (Å²) in [5.41, 5.74) is 9.93. The summed E-state index contributed by atoms with van der Waals surface area (Å²) in [6, 6.07) is 22.9. The number of nitrogens with zero attached hydrogens (tertiary/aromatic N) is 1. The third-order valence-electron chi connectivity index (χ3n) is 4.86. The van der Waals surface area contributed by atoms with Crippen molar-refractivity contribution in [3.8, 4) is 5.75 Å². The molecule has 1 aliphatic heterocycles. The molecule has 3 aromatic rings. The van der Waals surface area contributed by atoms with E-state index < -0.39 is 0 Å². The van der Waals surface area contributed by atoms with Crippen LogP contribution >= 0.6 is 0 Å². The Hall–Kier alpha value is -2.85. The Morgan fingerprint density at radius 2 is 1.73 bits per heavy atom. The number of nitrogens with two attached hydrogens (primary N) is 1. The number of rotatable bonds is 5. The Balaban J connectivity index is 1.63. The van der Waals surface area contributed by atoms with Crippen molar-refractivity contribution in [2.45, 2.75) is 19.2 Å². The van der Waals surface area contributed by atoms with Gasteiger partial charge in [-0.3, -0.25) is 0 Å². The molecule has 0 amide bonds. The zero-order chi connectivity index (χ0) is 17.9. The van der Waals surface area contributed by atoms with Crippen LogP contribution in [0.4, 0.5) is 10.1 Å². The molecule has 1 unspecified atom stereocenters. The third kappa shape index (κ3) is 3.04. The summed E-state index contributed by atoms with van der Waals surface area (Å²) in [7, 11) is 0. The molecule has 0 saturated heterocycles. The lowest BCUT2D eigenvalue weighted by atomic mass is 10.0. The lowest BCUT2D eigenvalue weighted by Crippen LogP contribution is -2.28. The second-order valence-corrected chi connectivity index (χ2v) is 6.43. The predicted molar refractivity (Wildman–Crippen MR) is 102 cm³/mol. The van der Waals surface area contributed by atoms with Gasteiger partial charge >= 0.3 is 0 Å². The van der Waals surface area contributed by atoms with Crippen molar-refractivity contribution < 1.29 is 9.13 Å². The van der Waals surface area contributed by atoms with E-state index in [0.29, 0.717) is 25.4 Å². The summed E-state index contributed by atoms with van der Waals surface area (Å²) in [5.74, 6) is 0.606. The van der Waals surface area contributed by atoms with Gasteiger partial charge in [0.15, 0.2) is 0 Å². The molecule has 1 heterocycles. The number of fused-ring (bicyclic) bond motifs is 1. The quantitative estimate of drug-likeness (QED) is 0.741. The molecule has 0 aromatic heterocycles. The van der Waals surface area contributed by atoms with Crippen LogP contribution in [0.15, 0.2) is 72.8 Å². The Bertz CT molecular complexity index is 898. The number of para-hydroxylation sites is 1. The molecule has 2 N–H and O–H groups in total. The highest BCUT2D eigenvalue weighted by molar-refractivity contribution is 5.58. The summed E-state index contributed by atoms with van der Waals surface area (Å²) in [4.78, 5) is 2.02. The lowest BCUT2D eigenvalue weighted by Gasteiger charge is -2.26. The summed E-state index contributed by atoms with van der Waals surface area (Å²) < 4.78 is 20.4. The maximum absolute atomic E-state index is 14.3. The molecule has 3 aromatic carbocycles. The van der Waals surface area contributed by atoms with E-state index in [9.17, 15) is 4.39 Å². The van der Waals surface area contributed by atoms with E-state index in [1.165, 1.54) is 6.07 Å². The number of halogens is 1. The van der Waals surface area contributed by atoms with Gasteiger partial charge in [0, 0.05) is 18.7 Å². The van der Waals surface area contributed by atoms with Crippen LogP contribution in [0.25, 0.3) is 0 Å². The van der Waals surface area contributed by atoms with Crippen LogP contribution in [0.5, 0.6) is 5.75 Å². The van der Waals surface area contributed by atoms with Gasteiger partial charge in [-0.25, -0.2) is 4.39 Å². The Labute approximate surface area is 152 Å². The van der Waals surface area contributed by atoms with Crippen LogP contribution in [-0.4, -0.2) is 6.54 Å². The van der Waals surface area contributed by atoms with Gasteiger partial charge in [0.2, 0.25) is 0 Å². The molecule has 0 radical (unpaired) electrons. The SMILES string of the molecule is NCC1c2cccc(OCc3ccccc3)c2CN1c1ccccc1F. The van der Waals surface area contributed by atoms with E-state index in [4.69, 9.17) is 10.5 Å². The first kappa shape index (κ1) is 16.6. The largest absolute Gasteiger partial charge is 0.489 e. The van der Waals surface area contributed by atoms with Crippen molar-refractivity contribution >= 4 is 5.69 Å². The first-order chi connectivity index (χ1) is 12.8. The van der Waals surface area contributed by atoms with Crippen LogP contribution in [0.3, 0.4) is 0 Å². The highest BCUT2D eigenvalue weighted by Gasteiger charge is 2.32. The van der Waals surface area contributed by atoms with E-state index in [0.717, 1.165) is 22.4 Å². The number of hydrogen-bond donors (Lipinski definition) is 1. The normalized spacial score (nSPS) is 15.8. The van der Waals surface area contributed by atoms with E-state index in [1.54, 1.807) is 12.1 Å². The van der Waals surface area contributed by atoms with Gasteiger partial charge in [-0.1, -0.05) is 54.6 Å². The van der Waals surface area contributed by atoms with Gasteiger partial charge in [0.05, 0.1) is 11.7 Å². The van der Waals surface area contributed by atoms with Gasteiger partial charge in [-0.05, 0) is 29.3 Å². The van der Waals surface area contributed by atoms with Crippen molar-refractivity contribution in [1.29, 1.82) is 0 Å². The minimum atomic E-state index is -0.231. The second-order valence-electron chi connectivity index (χ2n) is 6.43. The zero-order valence-electron chi connectivity index (χ0n) is 14.4. The molecule has 0 bridgehead atoms. The number of hydrogen-bond acceptors (Lipinski definition) is 3. The summed E-state index contributed by atoms with van der Waals surface area (Å²) in [6.45, 7) is 1.51. The van der Waals surface area contributed by atoms with Gasteiger partial charge in [0.1, 0.15) is 18.2 Å². The van der Waals surface area contributed by atoms with E-state index in [2.05, 4.69) is 6.07 Å².